The van der Waals surface area contributed by atoms with Gasteiger partial charge in [-0.05, 0) is 53.2 Å². The number of carbonyl (C=O) groups excluding carboxylic acids is 2. The van der Waals surface area contributed by atoms with Crippen molar-refractivity contribution in [3.8, 4) is 11.6 Å². The quantitative estimate of drug-likeness (QED) is 0.491. The highest BCUT2D eigenvalue weighted by atomic mass is 79.9. The van der Waals surface area contributed by atoms with Gasteiger partial charge < -0.3 is 19.7 Å². The smallest absolute Gasteiger partial charge is 0.266 e. The summed E-state index contributed by atoms with van der Waals surface area (Å²) in [5.41, 5.74) is 1.45. The first kappa shape index (κ1) is 21.5. The number of hydrogen-bond donors (Lipinski definition) is 2. The van der Waals surface area contributed by atoms with Gasteiger partial charge in [-0.1, -0.05) is 12.1 Å². The van der Waals surface area contributed by atoms with E-state index in [0.717, 1.165) is 5.52 Å². The van der Waals surface area contributed by atoms with Gasteiger partial charge in [-0.2, -0.15) is 0 Å². The van der Waals surface area contributed by atoms with E-state index in [2.05, 4.69) is 31.5 Å². The SMILES string of the molecule is CCn1c(O)c(N=NC(=O)CCNC(=O)c2ccccc2Br)c2cc(OC)ccc21. The van der Waals surface area contributed by atoms with Crippen molar-refractivity contribution in [1.29, 1.82) is 0 Å². The second-order valence-electron chi connectivity index (χ2n) is 6.38. The first-order chi connectivity index (χ1) is 14.5. The molecule has 0 spiro atoms. The van der Waals surface area contributed by atoms with Crippen LogP contribution in [0.3, 0.4) is 0 Å². The molecular weight excluding hydrogens is 452 g/mol. The van der Waals surface area contributed by atoms with Gasteiger partial charge in [0.15, 0.2) is 5.69 Å². The van der Waals surface area contributed by atoms with Crippen LogP contribution in [-0.2, 0) is 11.3 Å². The fraction of sp³-hybridized carbons (Fsp3) is 0.238. The van der Waals surface area contributed by atoms with Crippen molar-refractivity contribution < 1.29 is 19.4 Å². The predicted molar refractivity (Wildman–Crippen MR) is 116 cm³/mol. The summed E-state index contributed by atoms with van der Waals surface area (Å²) in [5.74, 6) is -0.266. The molecule has 0 aliphatic rings. The van der Waals surface area contributed by atoms with Gasteiger partial charge in [0.25, 0.3) is 11.8 Å². The summed E-state index contributed by atoms with van der Waals surface area (Å²) in [6.07, 6.45) is -0.0177. The van der Waals surface area contributed by atoms with Gasteiger partial charge in [0.1, 0.15) is 5.75 Å². The molecule has 1 aromatic heterocycles. The molecule has 0 saturated carbocycles. The number of hydrogen-bond acceptors (Lipinski definition) is 5. The number of nitrogens with one attached hydrogen (secondary N) is 1. The van der Waals surface area contributed by atoms with E-state index in [-0.39, 0.29) is 30.4 Å². The molecule has 9 heteroatoms. The summed E-state index contributed by atoms with van der Waals surface area (Å²) >= 11 is 3.32. The molecule has 3 rings (SSSR count). The lowest BCUT2D eigenvalue weighted by atomic mass is 10.2. The van der Waals surface area contributed by atoms with Crippen molar-refractivity contribution >= 4 is 44.3 Å². The van der Waals surface area contributed by atoms with Crippen LogP contribution in [0, 0.1) is 0 Å². The molecule has 8 nitrogen and oxygen atoms in total. The number of rotatable bonds is 7. The van der Waals surface area contributed by atoms with Gasteiger partial charge in [0.05, 0.1) is 18.2 Å². The lowest BCUT2D eigenvalue weighted by molar-refractivity contribution is -0.118. The molecule has 0 atom stereocenters. The average Bonchev–Trinajstić information content (AvgIpc) is 3.02. The summed E-state index contributed by atoms with van der Waals surface area (Å²) in [5, 5.41) is 21.5. The van der Waals surface area contributed by atoms with Crippen molar-refractivity contribution in [3.05, 3.63) is 52.5 Å². The maximum Gasteiger partial charge on any atom is 0.266 e. The van der Waals surface area contributed by atoms with E-state index in [4.69, 9.17) is 4.74 Å². The van der Waals surface area contributed by atoms with Gasteiger partial charge in [0.2, 0.25) is 5.88 Å². The normalized spacial score (nSPS) is 11.2. The van der Waals surface area contributed by atoms with Crippen LogP contribution in [0.5, 0.6) is 11.6 Å². The Hall–Kier alpha value is -3.20. The molecule has 1 heterocycles. The largest absolute Gasteiger partial charge is 0.497 e. The maximum absolute atomic E-state index is 12.2. The Morgan fingerprint density at radius 2 is 2.00 bits per heavy atom. The number of azo groups is 1. The van der Waals surface area contributed by atoms with E-state index in [1.165, 1.54) is 0 Å². The van der Waals surface area contributed by atoms with Crippen LogP contribution in [0.1, 0.15) is 23.7 Å². The molecule has 30 heavy (non-hydrogen) atoms. The summed E-state index contributed by atoms with van der Waals surface area (Å²) < 4.78 is 7.58. The number of ether oxygens (including phenoxy) is 1. The van der Waals surface area contributed by atoms with Crippen LogP contribution in [0.25, 0.3) is 10.9 Å². The molecule has 0 saturated heterocycles. The van der Waals surface area contributed by atoms with Crippen LogP contribution in [0.15, 0.2) is 57.2 Å². The zero-order valence-electron chi connectivity index (χ0n) is 16.6. The summed E-state index contributed by atoms with van der Waals surface area (Å²) in [6.45, 7) is 2.54. The molecule has 0 unspecified atom stereocenters. The standard InChI is InChI=1S/C21H21BrN4O4/c1-3-26-17-9-8-13(30-2)12-15(17)19(21(26)29)25-24-18(27)10-11-23-20(28)14-6-4-5-7-16(14)22/h4-9,12,29H,3,10-11H2,1-2H3,(H,23,28). The van der Waals surface area contributed by atoms with Crippen LogP contribution in [-0.4, -0.2) is 35.1 Å². The van der Waals surface area contributed by atoms with Gasteiger partial charge >= 0.3 is 0 Å². The fourth-order valence-corrected chi connectivity index (χ4v) is 3.49. The van der Waals surface area contributed by atoms with Crippen LogP contribution in [0.4, 0.5) is 5.69 Å². The summed E-state index contributed by atoms with van der Waals surface area (Å²) in [6, 6.07) is 12.4. The molecule has 0 aliphatic heterocycles. The zero-order valence-corrected chi connectivity index (χ0v) is 18.1. The van der Waals surface area contributed by atoms with Crippen molar-refractivity contribution in [1.82, 2.24) is 9.88 Å². The van der Waals surface area contributed by atoms with E-state index in [1.54, 1.807) is 42.0 Å². The van der Waals surface area contributed by atoms with Gasteiger partial charge in [0, 0.05) is 29.4 Å². The van der Waals surface area contributed by atoms with Crippen molar-refractivity contribution in [2.75, 3.05) is 13.7 Å². The predicted octanol–water partition coefficient (Wildman–Crippen LogP) is 4.57. The number of fused-ring (bicyclic) bond motifs is 1. The zero-order chi connectivity index (χ0) is 21.7. The number of carbonyl (C=O) groups is 2. The molecule has 2 amide bonds. The van der Waals surface area contributed by atoms with E-state index in [9.17, 15) is 14.7 Å². The minimum Gasteiger partial charge on any atom is -0.497 e. The molecule has 2 aromatic carbocycles. The third kappa shape index (κ3) is 4.51. The fourth-order valence-electron chi connectivity index (χ4n) is 3.03. The van der Waals surface area contributed by atoms with Crippen molar-refractivity contribution in [3.63, 3.8) is 0 Å². The molecule has 0 aliphatic carbocycles. The highest BCUT2D eigenvalue weighted by Crippen LogP contribution is 2.40. The number of aryl methyl sites for hydroxylation is 1. The number of amides is 2. The lowest BCUT2D eigenvalue weighted by Crippen LogP contribution is -2.26. The number of aromatic hydroxyl groups is 1. The van der Waals surface area contributed by atoms with Gasteiger partial charge in [-0.25, -0.2) is 0 Å². The van der Waals surface area contributed by atoms with E-state index in [0.29, 0.717) is 27.7 Å². The minimum atomic E-state index is -0.512. The molecule has 0 radical (unpaired) electrons. The minimum absolute atomic E-state index is 0.0177. The monoisotopic (exact) mass is 472 g/mol. The van der Waals surface area contributed by atoms with Crippen molar-refractivity contribution in [2.24, 2.45) is 10.2 Å². The topological polar surface area (TPSA) is 105 Å². The molecule has 2 N–H and O–H groups in total. The second-order valence-corrected chi connectivity index (χ2v) is 7.23. The number of methoxy groups -OCH3 is 1. The second kappa shape index (κ2) is 9.53. The first-order valence-electron chi connectivity index (χ1n) is 9.32. The number of aromatic nitrogens is 1. The highest BCUT2D eigenvalue weighted by molar-refractivity contribution is 9.10. The molecule has 156 valence electrons. The number of nitrogens with zero attached hydrogens (tertiary/aromatic N) is 3. The Kier molecular flexibility index (Phi) is 6.83. The van der Waals surface area contributed by atoms with Gasteiger partial charge in [-0.15, -0.1) is 10.2 Å². The first-order valence-corrected chi connectivity index (χ1v) is 10.1. The molecule has 0 fully saturated rings. The molecule has 0 bridgehead atoms. The van der Waals surface area contributed by atoms with E-state index >= 15 is 0 Å². The van der Waals surface area contributed by atoms with Gasteiger partial charge in [-0.3, -0.25) is 9.59 Å². The van der Waals surface area contributed by atoms with E-state index < -0.39 is 5.91 Å². The summed E-state index contributed by atoms with van der Waals surface area (Å²) in [7, 11) is 1.55. The number of halogens is 1. The lowest BCUT2D eigenvalue weighted by Gasteiger charge is -2.05. The van der Waals surface area contributed by atoms with Crippen LogP contribution in [0.2, 0.25) is 0 Å². The highest BCUT2D eigenvalue weighted by Gasteiger charge is 2.17. The van der Waals surface area contributed by atoms with E-state index in [1.807, 2.05) is 19.1 Å². The van der Waals surface area contributed by atoms with Crippen LogP contribution < -0.4 is 10.1 Å². The Morgan fingerprint density at radius 3 is 2.70 bits per heavy atom. The average molecular weight is 473 g/mol. The van der Waals surface area contributed by atoms with Crippen molar-refractivity contribution in [2.45, 2.75) is 19.9 Å². The Bertz CT molecular complexity index is 1120. The summed E-state index contributed by atoms with van der Waals surface area (Å²) in [4.78, 5) is 24.3. The molecular formula is C21H21BrN4O4. The maximum atomic E-state index is 12.2. The Morgan fingerprint density at radius 1 is 1.23 bits per heavy atom. The third-order valence-electron chi connectivity index (χ3n) is 4.54. The molecule has 3 aromatic rings. The third-order valence-corrected chi connectivity index (χ3v) is 5.23. The van der Waals surface area contributed by atoms with Crippen LogP contribution >= 0.6 is 15.9 Å². The Labute approximate surface area is 181 Å². The Balaban J connectivity index is 1.69. The number of benzene rings is 2.